The van der Waals surface area contributed by atoms with Crippen molar-refractivity contribution in [1.29, 1.82) is 0 Å². The zero-order valence-electron chi connectivity index (χ0n) is 21.9. The van der Waals surface area contributed by atoms with E-state index in [9.17, 15) is 0 Å². The molecule has 0 heterocycles. The molecule has 0 aromatic rings. The second kappa shape index (κ2) is 22.9. The minimum Gasteiger partial charge on any atom is -0.652 e. The number of carboxylic acid groups (broad SMARTS) is 2. The molecule has 0 rings (SSSR count). The molecule has 0 saturated heterocycles. The Kier molecular flexibility index (Phi) is 25.8. The second-order valence-electron chi connectivity index (χ2n) is 10.5. The maximum atomic E-state index is 8.33. The highest BCUT2D eigenvalue weighted by Crippen LogP contribution is 2.08. The molecule has 0 aliphatic rings. The summed E-state index contributed by atoms with van der Waals surface area (Å²) < 4.78 is 2.24. The molecule has 0 aliphatic carbocycles. The van der Waals surface area contributed by atoms with E-state index in [1.165, 1.54) is 103 Å². The Balaban J connectivity index is -0.000000412. The quantitative estimate of drug-likeness (QED) is 0.267. The average molecular weight is 433 g/mol. The summed E-state index contributed by atoms with van der Waals surface area (Å²) in [7, 11) is 13.6. The predicted octanol–water partition coefficient (Wildman–Crippen LogP) is 4.44. The Hall–Kier alpha value is -0.810. The van der Waals surface area contributed by atoms with Crippen LogP contribution in [-0.4, -0.2) is 70.5 Å². The summed E-state index contributed by atoms with van der Waals surface area (Å²) >= 11 is 0. The zero-order valence-corrected chi connectivity index (χ0v) is 21.9. The van der Waals surface area contributed by atoms with Crippen LogP contribution >= 0.6 is 0 Å². The van der Waals surface area contributed by atoms with Crippen molar-refractivity contribution in [2.45, 2.75) is 104 Å². The molecular formula is C25H56N2O3. The topological polar surface area (TPSA) is 63.2 Å². The van der Waals surface area contributed by atoms with Gasteiger partial charge in [-0.1, -0.05) is 78.1 Å². The van der Waals surface area contributed by atoms with Crippen LogP contribution < -0.4 is 10.2 Å². The van der Waals surface area contributed by atoms with E-state index in [-0.39, 0.29) is 0 Å². The lowest BCUT2D eigenvalue weighted by Gasteiger charge is -2.23. The van der Waals surface area contributed by atoms with Gasteiger partial charge in [-0.05, 0) is 31.8 Å². The van der Waals surface area contributed by atoms with Crippen LogP contribution in [0.3, 0.4) is 0 Å². The van der Waals surface area contributed by atoms with Crippen LogP contribution in [0.2, 0.25) is 0 Å². The Morgan fingerprint density at radius 3 is 0.900 bits per heavy atom. The Morgan fingerprint density at radius 1 is 0.500 bits per heavy atom. The van der Waals surface area contributed by atoms with Crippen LogP contribution in [0.15, 0.2) is 0 Å². The summed E-state index contributed by atoms with van der Waals surface area (Å²) in [6, 6.07) is 0. The van der Waals surface area contributed by atoms with Gasteiger partial charge in [0.25, 0.3) is 0 Å². The Bertz CT molecular complexity index is 315. The van der Waals surface area contributed by atoms with Crippen molar-refractivity contribution in [3.05, 3.63) is 0 Å². The number of quaternary nitrogens is 2. The molecule has 5 nitrogen and oxygen atoms in total. The van der Waals surface area contributed by atoms with Gasteiger partial charge in [0.2, 0.25) is 0 Å². The standard InChI is InChI=1S/2C12H28N.CH2O3/c2*1-5-6-7-8-9-10-11-12-13(2,3)4;2-1(3)4/h2*5-12H2,1-4H3;(H2,2,3,4)/q2*+1;/p-2. The van der Waals surface area contributed by atoms with Crippen LogP contribution in [0, 0.1) is 0 Å². The monoisotopic (exact) mass is 432 g/mol. The molecule has 0 spiro atoms. The number of unbranched alkanes of at least 4 members (excludes halogenated alkanes) is 12. The van der Waals surface area contributed by atoms with Gasteiger partial charge in [0.1, 0.15) is 0 Å². The molecule has 0 aliphatic heterocycles. The van der Waals surface area contributed by atoms with Gasteiger partial charge >= 0.3 is 0 Å². The number of hydrogen-bond acceptors (Lipinski definition) is 3. The molecule has 0 atom stereocenters. The van der Waals surface area contributed by atoms with Crippen molar-refractivity contribution >= 4 is 6.16 Å². The smallest absolute Gasteiger partial charge is 0.0780 e. The number of hydrogen-bond donors (Lipinski definition) is 0. The highest BCUT2D eigenvalue weighted by molar-refractivity contribution is 5.47. The van der Waals surface area contributed by atoms with Gasteiger partial charge in [-0.3, -0.25) is 0 Å². The fraction of sp³-hybridized carbons (Fsp3) is 0.960. The summed E-state index contributed by atoms with van der Waals surface area (Å²) in [6.45, 7) is 7.20. The van der Waals surface area contributed by atoms with E-state index in [1.807, 2.05) is 0 Å². The molecular weight excluding hydrogens is 376 g/mol. The lowest BCUT2D eigenvalue weighted by molar-refractivity contribution is -0.870. The first-order valence-electron chi connectivity index (χ1n) is 12.3. The van der Waals surface area contributed by atoms with E-state index in [0.717, 1.165) is 8.97 Å². The second-order valence-corrected chi connectivity index (χ2v) is 10.5. The first kappa shape index (κ1) is 33.8. The number of carbonyl (C=O) groups excluding carboxylic acids is 1. The molecule has 0 saturated carbocycles. The van der Waals surface area contributed by atoms with Crippen LogP contribution in [0.25, 0.3) is 0 Å². The molecule has 0 amide bonds. The number of nitrogens with zero attached hydrogens (tertiary/aromatic N) is 2. The SMILES string of the molecule is CCCCCCCCC[N+](C)(C)C.CCCCCCCCC[N+](C)(C)C.O=C([O-])[O-]. The van der Waals surface area contributed by atoms with Gasteiger partial charge in [-0.25, -0.2) is 0 Å². The van der Waals surface area contributed by atoms with Gasteiger partial charge in [0.05, 0.1) is 55.4 Å². The molecule has 0 fully saturated rings. The number of carbonyl (C=O) groups is 1. The van der Waals surface area contributed by atoms with Gasteiger partial charge < -0.3 is 24.0 Å². The largest absolute Gasteiger partial charge is 0.652 e. The van der Waals surface area contributed by atoms with Crippen molar-refractivity contribution in [2.24, 2.45) is 0 Å². The summed E-state index contributed by atoms with van der Waals surface area (Å²) in [5.41, 5.74) is 0. The summed E-state index contributed by atoms with van der Waals surface area (Å²) in [4.78, 5) is 8.33. The van der Waals surface area contributed by atoms with Crippen molar-refractivity contribution in [1.82, 2.24) is 0 Å². The molecule has 0 unspecified atom stereocenters. The van der Waals surface area contributed by atoms with E-state index in [0.29, 0.717) is 0 Å². The molecule has 0 bridgehead atoms. The van der Waals surface area contributed by atoms with Gasteiger partial charge in [-0.15, -0.1) is 0 Å². The predicted molar refractivity (Wildman–Crippen MR) is 127 cm³/mol. The fourth-order valence-corrected chi connectivity index (χ4v) is 3.09. The van der Waals surface area contributed by atoms with Crippen molar-refractivity contribution in [3.63, 3.8) is 0 Å². The molecule has 0 aromatic carbocycles. The number of rotatable bonds is 16. The molecule has 0 radical (unpaired) electrons. The van der Waals surface area contributed by atoms with E-state index < -0.39 is 6.16 Å². The van der Waals surface area contributed by atoms with Crippen LogP contribution in [-0.2, 0) is 0 Å². The minimum atomic E-state index is -2.33. The molecule has 0 aromatic heterocycles. The van der Waals surface area contributed by atoms with Crippen molar-refractivity contribution in [2.75, 3.05) is 55.4 Å². The van der Waals surface area contributed by atoms with Crippen molar-refractivity contribution in [3.8, 4) is 0 Å². The van der Waals surface area contributed by atoms with Gasteiger partial charge in [0.15, 0.2) is 0 Å². The van der Waals surface area contributed by atoms with E-state index >= 15 is 0 Å². The summed E-state index contributed by atoms with van der Waals surface area (Å²) in [6.07, 6.45) is 17.6. The van der Waals surface area contributed by atoms with E-state index in [2.05, 4.69) is 56.1 Å². The van der Waals surface area contributed by atoms with Crippen molar-refractivity contribution < 1.29 is 24.0 Å². The third kappa shape index (κ3) is 50.6. The first-order chi connectivity index (χ1) is 13.9. The van der Waals surface area contributed by atoms with E-state index in [4.69, 9.17) is 15.0 Å². The summed E-state index contributed by atoms with van der Waals surface area (Å²) in [5.74, 6) is 0. The lowest BCUT2D eigenvalue weighted by atomic mass is 10.1. The lowest BCUT2D eigenvalue weighted by Crippen LogP contribution is -2.37. The molecule has 184 valence electrons. The van der Waals surface area contributed by atoms with Gasteiger partial charge in [0, 0.05) is 0 Å². The van der Waals surface area contributed by atoms with Crippen LogP contribution in [0.5, 0.6) is 0 Å². The maximum Gasteiger partial charge on any atom is 0.0780 e. The Labute approximate surface area is 189 Å². The highest BCUT2D eigenvalue weighted by Gasteiger charge is 2.05. The first-order valence-corrected chi connectivity index (χ1v) is 12.3. The highest BCUT2D eigenvalue weighted by atomic mass is 16.6. The van der Waals surface area contributed by atoms with Gasteiger partial charge in [-0.2, -0.15) is 0 Å². The maximum absolute atomic E-state index is 8.33. The molecule has 30 heavy (non-hydrogen) atoms. The summed E-state index contributed by atoms with van der Waals surface area (Å²) in [5, 5.41) is 16.7. The van der Waals surface area contributed by atoms with Crippen LogP contribution in [0.4, 0.5) is 4.79 Å². The average Bonchev–Trinajstić information content (AvgIpc) is 2.58. The normalized spacial score (nSPS) is 11.2. The van der Waals surface area contributed by atoms with E-state index in [1.54, 1.807) is 0 Å². The minimum absolute atomic E-state index is 1.12. The third-order valence-corrected chi connectivity index (χ3v) is 4.86. The molecule has 0 N–H and O–H groups in total. The Morgan fingerprint density at radius 2 is 0.700 bits per heavy atom. The van der Waals surface area contributed by atoms with Crippen LogP contribution in [0.1, 0.15) is 104 Å². The fourth-order valence-electron chi connectivity index (χ4n) is 3.09. The molecule has 5 heteroatoms. The zero-order chi connectivity index (χ0) is 23.9. The third-order valence-electron chi connectivity index (χ3n) is 4.86.